The maximum atomic E-state index is 11.8. The van der Waals surface area contributed by atoms with Crippen molar-refractivity contribution in [1.29, 1.82) is 0 Å². The summed E-state index contributed by atoms with van der Waals surface area (Å²) in [5.74, 6) is 0.0149. The maximum absolute atomic E-state index is 11.8. The van der Waals surface area contributed by atoms with Crippen LogP contribution < -0.4 is 5.56 Å². The molecule has 0 bridgehead atoms. The monoisotopic (exact) mass is 285 g/mol. The van der Waals surface area contributed by atoms with Crippen molar-refractivity contribution in [1.82, 2.24) is 9.78 Å². The van der Waals surface area contributed by atoms with Gasteiger partial charge < -0.3 is 5.11 Å². The van der Waals surface area contributed by atoms with Crippen LogP contribution in [0.15, 0.2) is 47.3 Å². The number of fused-ring (bicyclic) bond motifs is 1. The lowest BCUT2D eigenvalue weighted by atomic mass is 10.2. The number of nitro groups is 1. The second kappa shape index (κ2) is 4.78. The molecule has 2 N–H and O–H groups in total. The number of aromatic amines is 1. The van der Waals surface area contributed by atoms with Crippen molar-refractivity contribution < 1.29 is 10.0 Å². The average molecular weight is 285 g/mol. The first-order valence-corrected chi connectivity index (χ1v) is 6.19. The minimum atomic E-state index is -0.460. The molecule has 21 heavy (non-hydrogen) atoms. The van der Waals surface area contributed by atoms with E-state index < -0.39 is 4.92 Å². The topological polar surface area (TPSA) is 101 Å². The second-order valence-electron chi connectivity index (χ2n) is 4.66. The molecule has 0 atom stereocenters. The van der Waals surface area contributed by atoms with E-state index in [1.807, 2.05) is 0 Å². The number of aromatic nitrogens is 2. The minimum absolute atomic E-state index is 0.00366. The number of hydrogen-bond acceptors (Lipinski definition) is 4. The lowest BCUT2D eigenvalue weighted by molar-refractivity contribution is -0.384. The van der Waals surface area contributed by atoms with Gasteiger partial charge in [0.2, 0.25) is 0 Å². The van der Waals surface area contributed by atoms with E-state index in [9.17, 15) is 20.0 Å². The second-order valence-corrected chi connectivity index (χ2v) is 4.66. The predicted molar refractivity (Wildman–Crippen MR) is 76.4 cm³/mol. The quantitative estimate of drug-likeness (QED) is 0.567. The van der Waals surface area contributed by atoms with E-state index in [1.54, 1.807) is 22.9 Å². The number of nitrogens with zero attached hydrogens (tertiary/aromatic N) is 2. The Balaban J connectivity index is 2.04. The molecule has 0 aliphatic carbocycles. The standard InChI is InChI=1S/C14H11N3O4/c18-11-4-5-13-12(7-11)14(19)15-16(13)8-9-2-1-3-10(6-9)17(20)21/h1-7,18H,8H2,(H,15,19). The summed E-state index contributed by atoms with van der Waals surface area (Å²) in [4.78, 5) is 22.1. The van der Waals surface area contributed by atoms with E-state index in [2.05, 4.69) is 5.10 Å². The first kappa shape index (κ1) is 12.9. The lowest BCUT2D eigenvalue weighted by Crippen LogP contribution is -2.07. The molecule has 0 radical (unpaired) electrons. The number of nitro benzene ring substituents is 1. The van der Waals surface area contributed by atoms with E-state index in [-0.39, 0.29) is 17.0 Å². The predicted octanol–water partition coefficient (Wildman–Crippen LogP) is 1.99. The molecule has 2 aromatic carbocycles. The molecule has 7 nitrogen and oxygen atoms in total. The van der Waals surface area contributed by atoms with Crippen molar-refractivity contribution in [2.45, 2.75) is 6.54 Å². The van der Waals surface area contributed by atoms with Crippen LogP contribution in [0.4, 0.5) is 5.69 Å². The highest BCUT2D eigenvalue weighted by molar-refractivity contribution is 5.80. The summed E-state index contributed by atoms with van der Waals surface area (Å²) in [5, 5.41) is 23.2. The Morgan fingerprint density at radius 2 is 2.05 bits per heavy atom. The van der Waals surface area contributed by atoms with E-state index >= 15 is 0 Å². The molecule has 0 saturated heterocycles. The van der Waals surface area contributed by atoms with Gasteiger partial charge in [-0.2, -0.15) is 0 Å². The Labute approximate surface area is 118 Å². The van der Waals surface area contributed by atoms with Crippen LogP contribution in [0.2, 0.25) is 0 Å². The van der Waals surface area contributed by atoms with Gasteiger partial charge in [-0.1, -0.05) is 12.1 Å². The van der Waals surface area contributed by atoms with E-state index in [4.69, 9.17) is 0 Å². The molecule has 0 spiro atoms. The normalized spacial score (nSPS) is 10.9. The summed E-state index contributed by atoms with van der Waals surface area (Å²) in [6.07, 6.45) is 0. The zero-order valence-corrected chi connectivity index (χ0v) is 10.8. The van der Waals surface area contributed by atoms with Gasteiger partial charge in [-0.3, -0.25) is 24.7 Å². The molecule has 7 heteroatoms. The van der Waals surface area contributed by atoms with Crippen molar-refractivity contribution in [3.63, 3.8) is 0 Å². The highest BCUT2D eigenvalue weighted by atomic mass is 16.6. The molecule has 0 aliphatic rings. The lowest BCUT2D eigenvalue weighted by Gasteiger charge is -2.05. The Bertz CT molecular complexity index is 895. The number of phenolic OH excluding ortho intramolecular Hbond substituents is 1. The number of H-pyrrole nitrogens is 1. The van der Waals surface area contributed by atoms with Crippen molar-refractivity contribution >= 4 is 16.6 Å². The van der Waals surface area contributed by atoms with E-state index in [1.165, 1.54) is 24.3 Å². The van der Waals surface area contributed by atoms with Crippen LogP contribution in [0, 0.1) is 10.1 Å². The summed E-state index contributed by atoms with van der Waals surface area (Å²) in [5.41, 5.74) is 1.02. The molecular weight excluding hydrogens is 274 g/mol. The van der Waals surface area contributed by atoms with Gasteiger partial charge in [-0.25, -0.2) is 0 Å². The van der Waals surface area contributed by atoms with E-state index in [0.717, 1.165) is 0 Å². The third-order valence-corrected chi connectivity index (χ3v) is 3.21. The summed E-state index contributed by atoms with van der Waals surface area (Å²) < 4.78 is 1.59. The average Bonchev–Trinajstić information content (AvgIpc) is 2.75. The van der Waals surface area contributed by atoms with Crippen molar-refractivity contribution in [2.24, 2.45) is 0 Å². The van der Waals surface area contributed by atoms with Gasteiger partial charge in [0, 0.05) is 12.1 Å². The molecule has 0 saturated carbocycles. The molecule has 0 fully saturated rings. The van der Waals surface area contributed by atoms with Crippen LogP contribution in [0.5, 0.6) is 5.75 Å². The highest BCUT2D eigenvalue weighted by Crippen LogP contribution is 2.19. The van der Waals surface area contributed by atoms with Crippen LogP contribution in [0.25, 0.3) is 10.9 Å². The van der Waals surface area contributed by atoms with Crippen LogP contribution in [-0.4, -0.2) is 19.8 Å². The Morgan fingerprint density at radius 1 is 1.24 bits per heavy atom. The first-order valence-electron chi connectivity index (χ1n) is 6.19. The fourth-order valence-electron chi connectivity index (χ4n) is 2.26. The molecule has 1 heterocycles. The summed E-state index contributed by atoms with van der Waals surface area (Å²) in [6, 6.07) is 10.7. The van der Waals surface area contributed by atoms with Crippen molar-refractivity contribution in [3.8, 4) is 5.75 Å². The Hall–Kier alpha value is -3.09. The molecule has 1 aromatic heterocycles. The summed E-state index contributed by atoms with van der Waals surface area (Å²) in [6.45, 7) is 0.297. The third-order valence-electron chi connectivity index (χ3n) is 3.21. The number of phenols is 1. The van der Waals surface area contributed by atoms with Crippen LogP contribution >= 0.6 is 0 Å². The summed E-state index contributed by atoms with van der Waals surface area (Å²) >= 11 is 0. The molecule has 0 unspecified atom stereocenters. The Morgan fingerprint density at radius 3 is 2.81 bits per heavy atom. The molecular formula is C14H11N3O4. The molecule has 0 amide bonds. The maximum Gasteiger partial charge on any atom is 0.272 e. The van der Waals surface area contributed by atoms with Gasteiger partial charge in [-0.15, -0.1) is 0 Å². The third kappa shape index (κ3) is 2.36. The molecule has 0 aliphatic heterocycles. The zero-order chi connectivity index (χ0) is 15.0. The number of benzene rings is 2. The van der Waals surface area contributed by atoms with Crippen LogP contribution in [-0.2, 0) is 6.54 Å². The van der Waals surface area contributed by atoms with Crippen molar-refractivity contribution in [2.75, 3.05) is 0 Å². The zero-order valence-electron chi connectivity index (χ0n) is 10.8. The number of non-ortho nitro benzene ring substituents is 1. The van der Waals surface area contributed by atoms with Gasteiger partial charge in [0.15, 0.2) is 0 Å². The van der Waals surface area contributed by atoms with Gasteiger partial charge in [-0.05, 0) is 23.8 Å². The largest absolute Gasteiger partial charge is 0.508 e. The van der Waals surface area contributed by atoms with Crippen LogP contribution in [0.1, 0.15) is 5.56 Å². The number of rotatable bonds is 3. The first-order chi connectivity index (χ1) is 10.0. The SMILES string of the molecule is O=c1[nH]n(Cc2cccc([N+](=O)[O-])c2)c2ccc(O)cc12. The molecule has 106 valence electrons. The Kier molecular flexibility index (Phi) is 2.94. The molecule has 3 rings (SSSR count). The fraction of sp³-hybridized carbons (Fsp3) is 0.0714. The van der Waals surface area contributed by atoms with Gasteiger partial charge in [0.1, 0.15) is 5.75 Å². The van der Waals surface area contributed by atoms with E-state index in [0.29, 0.717) is 23.0 Å². The fourth-order valence-corrected chi connectivity index (χ4v) is 2.26. The minimum Gasteiger partial charge on any atom is -0.508 e. The summed E-state index contributed by atoms with van der Waals surface area (Å²) in [7, 11) is 0. The van der Waals surface area contributed by atoms with Crippen LogP contribution in [0.3, 0.4) is 0 Å². The van der Waals surface area contributed by atoms with Gasteiger partial charge in [0.05, 0.1) is 22.4 Å². The van der Waals surface area contributed by atoms with Gasteiger partial charge >= 0.3 is 0 Å². The number of aromatic hydroxyl groups is 1. The highest BCUT2D eigenvalue weighted by Gasteiger charge is 2.10. The van der Waals surface area contributed by atoms with Gasteiger partial charge in [0.25, 0.3) is 11.2 Å². The number of nitrogens with one attached hydrogen (secondary N) is 1. The number of hydrogen-bond donors (Lipinski definition) is 2. The van der Waals surface area contributed by atoms with Crippen molar-refractivity contribution in [3.05, 3.63) is 68.5 Å². The smallest absolute Gasteiger partial charge is 0.272 e. The molecule has 3 aromatic rings.